The molecule has 17 heavy (non-hydrogen) atoms. The van der Waals surface area contributed by atoms with E-state index in [0.29, 0.717) is 13.4 Å². The molecule has 1 atom stereocenters. The normalized spacial score (nSPS) is 19.6. The smallest absolute Gasteiger partial charge is 0.147 e. The van der Waals surface area contributed by atoms with Gasteiger partial charge in [-0.25, -0.2) is 0 Å². The van der Waals surface area contributed by atoms with Gasteiger partial charge in [-0.2, -0.15) is 0 Å². The van der Waals surface area contributed by atoms with Crippen LogP contribution in [0.15, 0.2) is 30.3 Å². The molecule has 1 aliphatic rings. The highest BCUT2D eigenvalue weighted by Gasteiger charge is 2.13. The molecular formula is C14H21NO2. The molecule has 1 heterocycles. The Morgan fingerprint density at radius 1 is 1.18 bits per heavy atom. The first kappa shape index (κ1) is 12.6. The second-order valence-electron chi connectivity index (χ2n) is 4.51. The average Bonchev–Trinajstić information content (AvgIpc) is 2.88. The Morgan fingerprint density at radius 2 is 2.06 bits per heavy atom. The number of hydrogen-bond donors (Lipinski definition) is 1. The van der Waals surface area contributed by atoms with E-state index in [9.17, 15) is 0 Å². The highest BCUT2D eigenvalue weighted by Crippen LogP contribution is 2.11. The van der Waals surface area contributed by atoms with Crippen molar-refractivity contribution in [3.05, 3.63) is 35.9 Å². The summed E-state index contributed by atoms with van der Waals surface area (Å²) in [4.78, 5) is 0. The van der Waals surface area contributed by atoms with Crippen LogP contribution in [0.2, 0.25) is 0 Å². The number of ether oxygens (including phenoxy) is 2. The van der Waals surface area contributed by atoms with Gasteiger partial charge >= 0.3 is 0 Å². The van der Waals surface area contributed by atoms with Gasteiger partial charge in [-0.05, 0) is 37.4 Å². The third-order valence-electron chi connectivity index (χ3n) is 3.11. The van der Waals surface area contributed by atoms with E-state index in [2.05, 4.69) is 17.4 Å². The summed E-state index contributed by atoms with van der Waals surface area (Å²) in [5, 5.41) is 3.36. The topological polar surface area (TPSA) is 30.5 Å². The Morgan fingerprint density at radius 3 is 2.82 bits per heavy atom. The van der Waals surface area contributed by atoms with Gasteiger partial charge in [0.05, 0.1) is 6.61 Å². The molecule has 1 N–H and O–H groups in total. The van der Waals surface area contributed by atoms with Gasteiger partial charge in [0.15, 0.2) is 0 Å². The highest BCUT2D eigenvalue weighted by atomic mass is 16.7. The van der Waals surface area contributed by atoms with Crippen LogP contribution in [0.4, 0.5) is 0 Å². The van der Waals surface area contributed by atoms with Crippen LogP contribution in [0.25, 0.3) is 0 Å². The number of nitrogens with one attached hydrogen (secondary N) is 1. The first-order valence-electron chi connectivity index (χ1n) is 6.35. The Balaban J connectivity index is 1.46. The van der Waals surface area contributed by atoms with Crippen LogP contribution in [-0.4, -0.2) is 26.5 Å². The second-order valence-corrected chi connectivity index (χ2v) is 4.51. The third-order valence-corrected chi connectivity index (χ3v) is 3.11. The van der Waals surface area contributed by atoms with Crippen molar-refractivity contribution >= 4 is 0 Å². The van der Waals surface area contributed by atoms with Gasteiger partial charge in [-0.3, -0.25) is 0 Å². The maximum Gasteiger partial charge on any atom is 0.147 e. The maximum atomic E-state index is 5.47. The zero-order chi connectivity index (χ0) is 11.8. The van der Waals surface area contributed by atoms with Crippen molar-refractivity contribution in [2.75, 3.05) is 26.5 Å². The molecule has 0 bridgehead atoms. The summed E-state index contributed by atoms with van der Waals surface area (Å²) in [6.45, 7) is 4.14. The maximum absolute atomic E-state index is 5.47. The summed E-state index contributed by atoms with van der Waals surface area (Å²) in [7, 11) is 0. The number of benzene rings is 1. The lowest BCUT2D eigenvalue weighted by atomic mass is 10.1. The van der Waals surface area contributed by atoms with E-state index in [4.69, 9.17) is 9.47 Å². The van der Waals surface area contributed by atoms with Gasteiger partial charge in [0.25, 0.3) is 0 Å². The van der Waals surface area contributed by atoms with Crippen molar-refractivity contribution in [1.82, 2.24) is 5.32 Å². The molecule has 1 unspecified atom stereocenters. The van der Waals surface area contributed by atoms with Crippen LogP contribution in [0.5, 0.6) is 0 Å². The third kappa shape index (κ3) is 4.86. The first-order chi connectivity index (χ1) is 8.45. The predicted molar refractivity (Wildman–Crippen MR) is 67.6 cm³/mol. The molecule has 0 radical (unpaired) electrons. The predicted octanol–water partition coefficient (Wildman–Crippen LogP) is 2.18. The SMILES string of the molecule is c1ccc(COCOCCC2CCNC2)cc1. The molecule has 1 saturated heterocycles. The summed E-state index contributed by atoms with van der Waals surface area (Å²) in [5.41, 5.74) is 1.19. The van der Waals surface area contributed by atoms with Gasteiger partial charge < -0.3 is 14.8 Å². The quantitative estimate of drug-likeness (QED) is 0.580. The molecule has 1 fully saturated rings. The standard InChI is InChI=1S/C14H21NO2/c1-2-4-14(5-3-1)11-17-12-16-9-7-13-6-8-15-10-13/h1-5,13,15H,6-12H2. The summed E-state index contributed by atoms with van der Waals surface area (Å²) >= 11 is 0. The van der Waals surface area contributed by atoms with E-state index in [-0.39, 0.29) is 0 Å². The van der Waals surface area contributed by atoms with Gasteiger partial charge in [0.1, 0.15) is 6.79 Å². The molecular weight excluding hydrogens is 214 g/mol. The van der Waals surface area contributed by atoms with Crippen molar-refractivity contribution in [2.45, 2.75) is 19.4 Å². The molecule has 3 heteroatoms. The molecule has 94 valence electrons. The molecule has 3 nitrogen and oxygen atoms in total. The summed E-state index contributed by atoms with van der Waals surface area (Å²) < 4.78 is 10.9. The van der Waals surface area contributed by atoms with Crippen molar-refractivity contribution in [3.63, 3.8) is 0 Å². The van der Waals surface area contributed by atoms with Gasteiger partial charge in [-0.1, -0.05) is 30.3 Å². The minimum atomic E-state index is 0.398. The van der Waals surface area contributed by atoms with Crippen LogP contribution >= 0.6 is 0 Å². The largest absolute Gasteiger partial charge is 0.355 e. The fourth-order valence-corrected chi connectivity index (χ4v) is 2.06. The first-order valence-corrected chi connectivity index (χ1v) is 6.35. The van der Waals surface area contributed by atoms with Crippen molar-refractivity contribution in [2.24, 2.45) is 5.92 Å². The Kier molecular flexibility index (Phi) is 5.49. The average molecular weight is 235 g/mol. The lowest BCUT2D eigenvalue weighted by Gasteiger charge is -2.09. The molecule has 0 saturated carbocycles. The van der Waals surface area contributed by atoms with Gasteiger partial charge in [-0.15, -0.1) is 0 Å². The van der Waals surface area contributed by atoms with E-state index in [1.54, 1.807) is 0 Å². The fourth-order valence-electron chi connectivity index (χ4n) is 2.06. The molecule has 0 amide bonds. The molecule has 0 spiro atoms. The monoisotopic (exact) mass is 235 g/mol. The highest BCUT2D eigenvalue weighted by molar-refractivity contribution is 5.13. The summed E-state index contributed by atoms with van der Waals surface area (Å²) in [6.07, 6.45) is 2.43. The second kappa shape index (κ2) is 7.43. The van der Waals surface area contributed by atoms with E-state index in [0.717, 1.165) is 32.0 Å². The molecule has 2 rings (SSSR count). The Bertz CT molecular complexity index is 296. The molecule has 0 aromatic heterocycles. The van der Waals surface area contributed by atoms with E-state index >= 15 is 0 Å². The lowest BCUT2D eigenvalue weighted by molar-refractivity contribution is -0.0641. The fraction of sp³-hybridized carbons (Fsp3) is 0.571. The summed E-state index contributed by atoms with van der Waals surface area (Å²) in [6, 6.07) is 10.2. The van der Waals surface area contributed by atoms with Crippen molar-refractivity contribution < 1.29 is 9.47 Å². The number of rotatable bonds is 7. The van der Waals surface area contributed by atoms with E-state index in [1.807, 2.05) is 18.2 Å². The van der Waals surface area contributed by atoms with Crippen molar-refractivity contribution in [1.29, 1.82) is 0 Å². The minimum absolute atomic E-state index is 0.398. The van der Waals surface area contributed by atoms with E-state index < -0.39 is 0 Å². The van der Waals surface area contributed by atoms with Crippen LogP contribution in [0.1, 0.15) is 18.4 Å². The van der Waals surface area contributed by atoms with Crippen LogP contribution in [0, 0.1) is 5.92 Å². The van der Waals surface area contributed by atoms with Crippen LogP contribution < -0.4 is 5.32 Å². The summed E-state index contributed by atoms with van der Waals surface area (Å²) in [5.74, 6) is 0.795. The van der Waals surface area contributed by atoms with Gasteiger partial charge in [0.2, 0.25) is 0 Å². The number of hydrogen-bond acceptors (Lipinski definition) is 3. The van der Waals surface area contributed by atoms with Crippen LogP contribution in [-0.2, 0) is 16.1 Å². The van der Waals surface area contributed by atoms with Crippen molar-refractivity contribution in [3.8, 4) is 0 Å². The Labute approximate surface area is 103 Å². The van der Waals surface area contributed by atoms with E-state index in [1.165, 1.54) is 12.0 Å². The molecule has 0 aliphatic carbocycles. The molecule has 1 aromatic carbocycles. The Hall–Kier alpha value is -0.900. The minimum Gasteiger partial charge on any atom is -0.355 e. The molecule has 1 aromatic rings. The molecule has 1 aliphatic heterocycles. The van der Waals surface area contributed by atoms with Crippen LogP contribution in [0.3, 0.4) is 0 Å². The zero-order valence-electron chi connectivity index (χ0n) is 10.2. The zero-order valence-corrected chi connectivity index (χ0v) is 10.2. The van der Waals surface area contributed by atoms with Gasteiger partial charge in [0, 0.05) is 6.61 Å². The lowest BCUT2D eigenvalue weighted by Crippen LogP contribution is -2.11.